The normalized spacial score (nSPS) is 14.8. The Balaban J connectivity index is 1.88. The summed E-state index contributed by atoms with van der Waals surface area (Å²) < 4.78 is 0. The molecule has 0 atom stereocenters. The maximum Gasteiger partial charge on any atom is 0.255 e. The summed E-state index contributed by atoms with van der Waals surface area (Å²) in [7, 11) is 1.98. The van der Waals surface area contributed by atoms with Crippen LogP contribution in [0.4, 0.5) is 5.69 Å². The molecule has 0 fully saturated rings. The molecule has 5 nitrogen and oxygen atoms in total. The van der Waals surface area contributed by atoms with Gasteiger partial charge in [0.05, 0.1) is 12.2 Å². The van der Waals surface area contributed by atoms with Gasteiger partial charge in [0.1, 0.15) is 5.84 Å². The SMILES string of the molecule is Cc1ccccc1C(=O)Nc1ccccc1C1=NCCN(C)N1. The predicted molar refractivity (Wildman–Crippen MR) is 92.7 cm³/mol. The molecule has 118 valence electrons. The van der Waals surface area contributed by atoms with Crippen LogP contribution in [0.3, 0.4) is 0 Å². The van der Waals surface area contributed by atoms with E-state index in [1.165, 1.54) is 0 Å². The molecule has 1 amide bonds. The summed E-state index contributed by atoms with van der Waals surface area (Å²) in [6, 6.07) is 15.3. The first-order valence-corrected chi connectivity index (χ1v) is 7.64. The highest BCUT2D eigenvalue weighted by Gasteiger charge is 2.16. The van der Waals surface area contributed by atoms with Crippen LogP contribution in [0.15, 0.2) is 53.5 Å². The Morgan fingerprint density at radius 3 is 2.70 bits per heavy atom. The van der Waals surface area contributed by atoms with Crippen molar-refractivity contribution in [3.05, 3.63) is 65.2 Å². The van der Waals surface area contributed by atoms with Crippen molar-refractivity contribution in [3.8, 4) is 0 Å². The monoisotopic (exact) mass is 308 g/mol. The number of nitrogens with zero attached hydrogens (tertiary/aromatic N) is 2. The summed E-state index contributed by atoms with van der Waals surface area (Å²) in [4.78, 5) is 17.1. The van der Waals surface area contributed by atoms with Gasteiger partial charge >= 0.3 is 0 Å². The zero-order chi connectivity index (χ0) is 16.2. The third-order valence-corrected chi connectivity index (χ3v) is 3.82. The van der Waals surface area contributed by atoms with E-state index in [1.54, 1.807) is 0 Å². The van der Waals surface area contributed by atoms with Gasteiger partial charge in [0.2, 0.25) is 0 Å². The molecule has 0 saturated heterocycles. The highest BCUT2D eigenvalue weighted by molar-refractivity contribution is 6.10. The highest BCUT2D eigenvalue weighted by atomic mass is 16.1. The van der Waals surface area contributed by atoms with E-state index in [9.17, 15) is 4.79 Å². The summed E-state index contributed by atoms with van der Waals surface area (Å²) in [5, 5.41) is 4.99. The number of benzene rings is 2. The quantitative estimate of drug-likeness (QED) is 0.916. The van der Waals surface area contributed by atoms with Crippen molar-refractivity contribution in [1.29, 1.82) is 0 Å². The summed E-state index contributed by atoms with van der Waals surface area (Å²) in [5.74, 6) is 0.666. The van der Waals surface area contributed by atoms with Gasteiger partial charge in [0.15, 0.2) is 0 Å². The number of anilines is 1. The lowest BCUT2D eigenvalue weighted by atomic mass is 10.1. The maximum absolute atomic E-state index is 12.6. The minimum Gasteiger partial charge on any atom is -0.321 e. The Kier molecular flexibility index (Phi) is 4.39. The number of aliphatic imine (C=N–C) groups is 1. The van der Waals surface area contributed by atoms with Crippen LogP contribution in [0.2, 0.25) is 0 Å². The molecule has 0 saturated carbocycles. The van der Waals surface area contributed by atoms with Crippen LogP contribution in [0.25, 0.3) is 0 Å². The number of amidine groups is 1. The molecular weight excluding hydrogens is 288 g/mol. The van der Waals surface area contributed by atoms with Gasteiger partial charge in [-0.2, -0.15) is 0 Å². The number of carbonyl (C=O) groups excluding carboxylic acids is 1. The van der Waals surface area contributed by atoms with Crippen molar-refractivity contribution in [3.63, 3.8) is 0 Å². The second kappa shape index (κ2) is 6.62. The van der Waals surface area contributed by atoms with E-state index in [0.717, 1.165) is 35.7 Å². The standard InChI is InChI=1S/C18H20N4O/c1-13-7-3-4-8-14(13)18(23)20-16-10-6-5-9-15(16)17-19-11-12-22(2)21-17/h3-10H,11-12H2,1-2H3,(H,19,21)(H,20,23). The van der Waals surface area contributed by atoms with Crippen molar-refractivity contribution in [2.45, 2.75) is 6.92 Å². The molecule has 23 heavy (non-hydrogen) atoms. The largest absolute Gasteiger partial charge is 0.321 e. The lowest BCUT2D eigenvalue weighted by Gasteiger charge is -2.25. The van der Waals surface area contributed by atoms with E-state index in [2.05, 4.69) is 15.7 Å². The minimum absolute atomic E-state index is 0.111. The van der Waals surface area contributed by atoms with Crippen molar-refractivity contribution in [2.24, 2.45) is 4.99 Å². The Morgan fingerprint density at radius 2 is 1.91 bits per heavy atom. The molecule has 0 aliphatic carbocycles. The second-order valence-corrected chi connectivity index (χ2v) is 5.58. The first-order chi connectivity index (χ1) is 11.1. The van der Waals surface area contributed by atoms with Gasteiger partial charge in [0, 0.05) is 24.7 Å². The van der Waals surface area contributed by atoms with Crippen molar-refractivity contribution in [1.82, 2.24) is 10.4 Å². The molecule has 0 radical (unpaired) electrons. The molecule has 0 aromatic heterocycles. The lowest BCUT2D eigenvalue weighted by molar-refractivity contribution is 0.102. The van der Waals surface area contributed by atoms with Gasteiger partial charge in [-0.05, 0) is 30.7 Å². The zero-order valence-electron chi connectivity index (χ0n) is 13.3. The average molecular weight is 308 g/mol. The van der Waals surface area contributed by atoms with E-state index < -0.39 is 0 Å². The van der Waals surface area contributed by atoms with Crippen molar-refractivity contribution < 1.29 is 4.79 Å². The van der Waals surface area contributed by atoms with E-state index in [1.807, 2.05) is 67.5 Å². The molecule has 0 bridgehead atoms. The van der Waals surface area contributed by atoms with Gasteiger partial charge in [-0.15, -0.1) is 0 Å². The molecule has 1 heterocycles. The van der Waals surface area contributed by atoms with E-state index >= 15 is 0 Å². The van der Waals surface area contributed by atoms with Gasteiger partial charge in [-0.1, -0.05) is 30.3 Å². The third-order valence-electron chi connectivity index (χ3n) is 3.82. The lowest BCUT2D eigenvalue weighted by Crippen LogP contribution is -2.45. The summed E-state index contributed by atoms with van der Waals surface area (Å²) in [6.07, 6.45) is 0. The number of rotatable bonds is 3. The Hall–Kier alpha value is -2.66. The molecule has 3 rings (SSSR count). The smallest absolute Gasteiger partial charge is 0.255 e. The fourth-order valence-corrected chi connectivity index (χ4v) is 2.55. The van der Waals surface area contributed by atoms with Crippen molar-refractivity contribution in [2.75, 3.05) is 25.5 Å². The summed E-state index contributed by atoms with van der Waals surface area (Å²) >= 11 is 0. The molecule has 0 spiro atoms. The maximum atomic E-state index is 12.6. The van der Waals surface area contributed by atoms with Gasteiger partial charge < -0.3 is 10.7 Å². The van der Waals surface area contributed by atoms with Crippen LogP contribution in [0, 0.1) is 6.92 Å². The summed E-state index contributed by atoms with van der Waals surface area (Å²) in [6.45, 7) is 3.53. The van der Waals surface area contributed by atoms with Crippen LogP contribution in [-0.4, -0.2) is 36.9 Å². The van der Waals surface area contributed by atoms with Crippen LogP contribution in [-0.2, 0) is 0 Å². The Labute approximate surface area is 136 Å². The van der Waals surface area contributed by atoms with Gasteiger partial charge in [-0.3, -0.25) is 9.79 Å². The van der Waals surface area contributed by atoms with Crippen LogP contribution in [0.1, 0.15) is 21.5 Å². The third kappa shape index (κ3) is 3.40. The first kappa shape index (κ1) is 15.2. The van der Waals surface area contributed by atoms with Crippen molar-refractivity contribution >= 4 is 17.4 Å². The topological polar surface area (TPSA) is 56.7 Å². The van der Waals surface area contributed by atoms with Crippen LogP contribution in [0.5, 0.6) is 0 Å². The molecule has 2 N–H and O–H groups in total. The van der Waals surface area contributed by atoms with E-state index in [0.29, 0.717) is 5.56 Å². The number of aryl methyl sites for hydroxylation is 1. The average Bonchev–Trinajstić information content (AvgIpc) is 2.55. The minimum atomic E-state index is -0.111. The molecule has 1 aliphatic heterocycles. The molecule has 2 aromatic carbocycles. The molecule has 1 aliphatic rings. The number of hydrazine groups is 1. The van der Waals surface area contributed by atoms with Gasteiger partial charge in [-0.25, -0.2) is 5.01 Å². The molecule has 2 aromatic rings. The zero-order valence-corrected chi connectivity index (χ0v) is 13.3. The predicted octanol–water partition coefficient (Wildman–Crippen LogP) is 2.44. The number of nitrogens with one attached hydrogen (secondary N) is 2. The molecular formula is C18H20N4O. The fraction of sp³-hybridized carbons (Fsp3) is 0.222. The summed E-state index contributed by atoms with van der Waals surface area (Å²) in [5.41, 5.74) is 6.50. The molecule has 5 heteroatoms. The molecule has 0 unspecified atom stereocenters. The Morgan fingerprint density at radius 1 is 1.17 bits per heavy atom. The number of likely N-dealkylation sites (N-methyl/N-ethyl adjacent to an activating group) is 1. The number of carbonyl (C=O) groups is 1. The first-order valence-electron chi connectivity index (χ1n) is 7.64. The van der Waals surface area contributed by atoms with Gasteiger partial charge in [0.25, 0.3) is 5.91 Å². The number of hydrogen-bond acceptors (Lipinski definition) is 4. The number of hydrogen-bond donors (Lipinski definition) is 2. The number of amides is 1. The van der Waals surface area contributed by atoms with Crippen LogP contribution >= 0.6 is 0 Å². The fourth-order valence-electron chi connectivity index (χ4n) is 2.55. The van der Waals surface area contributed by atoms with E-state index in [4.69, 9.17) is 0 Å². The highest BCUT2D eigenvalue weighted by Crippen LogP contribution is 2.18. The number of para-hydroxylation sites is 1. The second-order valence-electron chi connectivity index (χ2n) is 5.58. The van der Waals surface area contributed by atoms with Crippen LogP contribution < -0.4 is 10.7 Å². The van der Waals surface area contributed by atoms with E-state index in [-0.39, 0.29) is 5.91 Å². The Bertz CT molecular complexity index is 754.